The second kappa shape index (κ2) is 6.43. The molecule has 0 saturated carbocycles. The average molecular weight is 269 g/mol. The van der Waals surface area contributed by atoms with Crippen LogP contribution in [0.1, 0.15) is 31.4 Å². The Bertz CT molecular complexity index is 399. The molecule has 1 aliphatic heterocycles. The molecule has 0 spiro atoms. The van der Waals surface area contributed by atoms with E-state index in [0.29, 0.717) is 0 Å². The van der Waals surface area contributed by atoms with E-state index in [4.69, 9.17) is 4.74 Å². The van der Waals surface area contributed by atoms with Crippen molar-refractivity contribution in [1.29, 1.82) is 0 Å². The highest BCUT2D eigenvalue weighted by molar-refractivity contribution is 7.98. The van der Waals surface area contributed by atoms with Crippen molar-refractivity contribution in [3.05, 3.63) is 29.6 Å². The lowest BCUT2D eigenvalue weighted by atomic mass is 9.95. The van der Waals surface area contributed by atoms with Gasteiger partial charge in [0.1, 0.15) is 17.7 Å². The van der Waals surface area contributed by atoms with E-state index in [9.17, 15) is 4.39 Å². The van der Waals surface area contributed by atoms with Gasteiger partial charge in [-0.05, 0) is 43.2 Å². The lowest BCUT2D eigenvalue weighted by molar-refractivity contribution is 0.147. The molecule has 0 aliphatic carbocycles. The third kappa shape index (κ3) is 3.18. The second-order valence-corrected chi connectivity index (χ2v) is 5.54. The van der Waals surface area contributed by atoms with Gasteiger partial charge in [0, 0.05) is 18.0 Å². The summed E-state index contributed by atoms with van der Waals surface area (Å²) in [5, 5.41) is 3.42. The van der Waals surface area contributed by atoms with Crippen molar-refractivity contribution in [3.63, 3.8) is 0 Å². The molecular formula is C14H20FNOS. The van der Waals surface area contributed by atoms with Crippen LogP contribution < -0.4 is 10.1 Å². The first-order valence-corrected chi connectivity index (χ1v) is 7.82. The maximum Gasteiger partial charge on any atom is 0.124 e. The average Bonchev–Trinajstić information content (AvgIpc) is 2.37. The molecule has 2 nitrogen and oxygen atoms in total. The zero-order chi connectivity index (χ0) is 13.0. The third-order valence-electron chi connectivity index (χ3n) is 3.23. The first-order chi connectivity index (χ1) is 8.74. The van der Waals surface area contributed by atoms with E-state index in [-0.39, 0.29) is 18.0 Å². The molecule has 0 bridgehead atoms. The molecule has 1 aliphatic rings. The monoisotopic (exact) mass is 269 g/mol. The van der Waals surface area contributed by atoms with Crippen LogP contribution in [0.15, 0.2) is 18.2 Å². The molecule has 4 heteroatoms. The zero-order valence-corrected chi connectivity index (χ0v) is 11.7. The van der Waals surface area contributed by atoms with Crippen LogP contribution >= 0.6 is 11.8 Å². The number of halogens is 1. The van der Waals surface area contributed by atoms with Crippen molar-refractivity contribution in [2.45, 2.75) is 31.9 Å². The fourth-order valence-electron chi connectivity index (χ4n) is 2.38. The van der Waals surface area contributed by atoms with E-state index in [1.54, 1.807) is 12.1 Å². The van der Waals surface area contributed by atoms with Gasteiger partial charge in [0.25, 0.3) is 0 Å². The highest BCUT2D eigenvalue weighted by Gasteiger charge is 2.27. The van der Waals surface area contributed by atoms with E-state index in [1.807, 2.05) is 11.8 Å². The Morgan fingerprint density at radius 2 is 2.33 bits per heavy atom. The van der Waals surface area contributed by atoms with E-state index < -0.39 is 0 Å². The maximum atomic E-state index is 13.3. The molecule has 0 saturated heterocycles. The van der Waals surface area contributed by atoms with Crippen LogP contribution in [0.3, 0.4) is 0 Å². The number of benzene rings is 1. The lowest BCUT2D eigenvalue weighted by Gasteiger charge is -2.32. The minimum absolute atomic E-state index is 0.192. The van der Waals surface area contributed by atoms with Crippen LogP contribution in [-0.4, -0.2) is 24.7 Å². The molecular weight excluding hydrogens is 249 g/mol. The normalized spacial score (nSPS) is 22.4. The number of hydrogen-bond donors (Lipinski definition) is 1. The quantitative estimate of drug-likeness (QED) is 0.885. The van der Waals surface area contributed by atoms with Crippen LogP contribution in [0, 0.1) is 5.82 Å². The van der Waals surface area contributed by atoms with Crippen LogP contribution in [-0.2, 0) is 0 Å². The summed E-state index contributed by atoms with van der Waals surface area (Å²) in [6.07, 6.45) is 4.30. The Morgan fingerprint density at radius 1 is 1.50 bits per heavy atom. The SMILES string of the molecule is CCNC1CC(CCSC)Oc2ccc(F)cc21. The summed E-state index contributed by atoms with van der Waals surface area (Å²) in [5.74, 6) is 1.74. The number of rotatable bonds is 5. The van der Waals surface area contributed by atoms with E-state index in [1.165, 1.54) is 6.07 Å². The predicted octanol–water partition coefficient (Wildman–Crippen LogP) is 3.38. The van der Waals surface area contributed by atoms with Gasteiger partial charge in [0.15, 0.2) is 0 Å². The lowest BCUT2D eigenvalue weighted by Crippen LogP contribution is -2.33. The van der Waals surface area contributed by atoms with Crippen LogP contribution in [0.25, 0.3) is 0 Å². The third-order valence-corrected chi connectivity index (χ3v) is 3.88. The molecule has 0 amide bonds. The molecule has 2 atom stereocenters. The molecule has 1 N–H and O–H groups in total. The Morgan fingerprint density at radius 3 is 3.06 bits per heavy atom. The Hall–Kier alpha value is -0.740. The number of ether oxygens (including phenoxy) is 1. The number of nitrogens with one attached hydrogen (secondary N) is 1. The van der Waals surface area contributed by atoms with Gasteiger partial charge in [0.05, 0.1) is 0 Å². The number of hydrogen-bond acceptors (Lipinski definition) is 3. The van der Waals surface area contributed by atoms with Gasteiger partial charge in [-0.2, -0.15) is 11.8 Å². The molecule has 18 heavy (non-hydrogen) atoms. The number of fused-ring (bicyclic) bond motifs is 1. The summed E-state index contributed by atoms with van der Waals surface area (Å²) in [4.78, 5) is 0. The fourth-order valence-corrected chi connectivity index (χ4v) is 2.88. The number of thioether (sulfide) groups is 1. The van der Waals surface area contributed by atoms with Crippen LogP contribution in [0.2, 0.25) is 0 Å². The van der Waals surface area contributed by atoms with E-state index in [2.05, 4.69) is 18.5 Å². The van der Waals surface area contributed by atoms with Gasteiger partial charge in [0.2, 0.25) is 0 Å². The van der Waals surface area contributed by atoms with Crippen LogP contribution in [0.4, 0.5) is 4.39 Å². The minimum atomic E-state index is -0.192. The zero-order valence-electron chi connectivity index (χ0n) is 10.9. The summed E-state index contributed by atoms with van der Waals surface area (Å²) in [6, 6.07) is 5.02. The van der Waals surface area contributed by atoms with E-state index >= 15 is 0 Å². The van der Waals surface area contributed by atoms with Gasteiger partial charge >= 0.3 is 0 Å². The van der Waals surface area contributed by atoms with Gasteiger partial charge in [-0.3, -0.25) is 0 Å². The first kappa shape index (κ1) is 13.7. The van der Waals surface area contributed by atoms with Crippen molar-refractivity contribution in [2.24, 2.45) is 0 Å². The highest BCUT2D eigenvalue weighted by atomic mass is 32.2. The summed E-state index contributed by atoms with van der Waals surface area (Å²) >= 11 is 1.83. The van der Waals surface area contributed by atoms with Crippen molar-refractivity contribution < 1.29 is 9.13 Å². The molecule has 2 rings (SSSR count). The topological polar surface area (TPSA) is 21.3 Å². The molecule has 2 unspecified atom stereocenters. The minimum Gasteiger partial charge on any atom is -0.490 e. The standard InChI is InChI=1S/C14H20FNOS/c1-3-16-13-9-11(6-7-18-2)17-14-5-4-10(15)8-12(13)14/h4-5,8,11,13,16H,3,6-7,9H2,1-2H3. The molecule has 1 aromatic carbocycles. The summed E-state index contributed by atoms with van der Waals surface area (Å²) < 4.78 is 19.3. The molecule has 0 radical (unpaired) electrons. The Labute approximate surface area is 112 Å². The Kier molecular flexibility index (Phi) is 4.89. The maximum absolute atomic E-state index is 13.3. The van der Waals surface area contributed by atoms with Crippen molar-refractivity contribution in [3.8, 4) is 5.75 Å². The van der Waals surface area contributed by atoms with Crippen molar-refractivity contribution in [1.82, 2.24) is 5.32 Å². The van der Waals surface area contributed by atoms with Gasteiger partial charge in [-0.25, -0.2) is 4.39 Å². The van der Waals surface area contributed by atoms with Gasteiger partial charge < -0.3 is 10.1 Å². The smallest absolute Gasteiger partial charge is 0.124 e. The highest BCUT2D eigenvalue weighted by Crippen LogP contribution is 2.36. The molecule has 1 aromatic rings. The summed E-state index contributed by atoms with van der Waals surface area (Å²) in [7, 11) is 0. The van der Waals surface area contributed by atoms with Gasteiger partial charge in [-0.15, -0.1) is 0 Å². The molecule has 0 aromatic heterocycles. The molecule has 100 valence electrons. The molecule has 0 fully saturated rings. The summed E-state index contributed by atoms with van der Waals surface area (Å²) in [6.45, 7) is 2.96. The van der Waals surface area contributed by atoms with Gasteiger partial charge in [-0.1, -0.05) is 6.92 Å². The van der Waals surface area contributed by atoms with Crippen LogP contribution in [0.5, 0.6) is 5.75 Å². The first-order valence-electron chi connectivity index (χ1n) is 6.43. The Balaban J connectivity index is 2.17. The van der Waals surface area contributed by atoms with Crippen molar-refractivity contribution in [2.75, 3.05) is 18.6 Å². The van der Waals surface area contributed by atoms with E-state index in [0.717, 1.165) is 36.5 Å². The van der Waals surface area contributed by atoms with Crippen molar-refractivity contribution >= 4 is 11.8 Å². The predicted molar refractivity (Wildman–Crippen MR) is 74.8 cm³/mol. The largest absolute Gasteiger partial charge is 0.490 e. The molecule has 1 heterocycles. The summed E-state index contributed by atoms with van der Waals surface area (Å²) in [5.41, 5.74) is 0.956. The second-order valence-electron chi connectivity index (χ2n) is 4.55. The fraction of sp³-hybridized carbons (Fsp3) is 0.571.